The normalized spacial score (nSPS) is 14.8. The topological polar surface area (TPSA) is 59.0 Å². The summed E-state index contributed by atoms with van der Waals surface area (Å²) in [5.74, 6) is 0.0720. The first-order valence-corrected chi connectivity index (χ1v) is 6.65. The second-order valence-corrected chi connectivity index (χ2v) is 5.03. The number of nitrogens with one attached hydrogen (secondary N) is 2. The van der Waals surface area contributed by atoms with Crippen LogP contribution in [0.4, 0.5) is 0 Å². The van der Waals surface area contributed by atoms with E-state index in [1.165, 1.54) is 0 Å². The number of aryl methyl sites for hydroxylation is 1. The highest BCUT2D eigenvalue weighted by atomic mass is 16.2. The lowest BCUT2D eigenvalue weighted by atomic mass is 10.2. The average molecular weight is 258 g/mol. The molecule has 3 rings (SSSR count). The largest absolute Gasteiger partial charge is 0.352 e. The Bertz CT molecular complexity index is 601. The van der Waals surface area contributed by atoms with Crippen molar-refractivity contribution in [2.45, 2.75) is 25.4 Å². The van der Waals surface area contributed by atoms with E-state index in [0.29, 0.717) is 19.1 Å². The highest BCUT2D eigenvalue weighted by Crippen LogP contribution is 2.18. The van der Waals surface area contributed by atoms with Gasteiger partial charge in [-0.3, -0.25) is 9.48 Å². The molecule has 0 saturated heterocycles. The quantitative estimate of drug-likeness (QED) is 0.839. The molecule has 1 heterocycles. The Morgan fingerprint density at radius 2 is 2.21 bits per heavy atom. The molecule has 19 heavy (non-hydrogen) atoms. The van der Waals surface area contributed by atoms with Gasteiger partial charge in [0.25, 0.3) is 0 Å². The average Bonchev–Trinajstić information content (AvgIpc) is 3.15. The Kier molecular flexibility index (Phi) is 3.21. The van der Waals surface area contributed by atoms with Crippen LogP contribution in [0.1, 0.15) is 18.5 Å². The molecule has 2 N–H and O–H groups in total. The third-order valence-corrected chi connectivity index (χ3v) is 3.35. The summed E-state index contributed by atoms with van der Waals surface area (Å²) in [5.41, 5.74) is 2.10. The minimum atomic E-state index is 0.0720. The van der Waals surface area contributed by atoms with Gasteiger partial charge in [-0.05, 0) is 18.9 Å². The SMILES string of the molecule is Cn1nc(CNCC(=O)NC2CC2)c2ccccc21. The van der Waals surface area contributed by atoms with Gasteiger partial charge in [0.1, 0.15) is 0 Å². The van der Waals surface area contributed by atoms with Crippen LogP contribution in [0.15, 0.2) is 24.3 Å². The zero-order valence-electron chi connectivity index (χ0n) is 11.0. The third-order valence-electron chi connectivity index (χ3n) is 3.35. The number of aromatic nitrogens is 2. The van der Waals surface area contributed by atoms with E-state index in [0.717, 1.165) is 29.4 Å². The molecule has 0 bridgehead atoms. The second kappa shape index (κ2) is 5.01. The van der Waals surface area contributed by atoms with Gasteiger partial charge in [0.2, 0.25) is 5.91 Å². The van der Waals surface area contributed by atoms with Crippen LogP contribution in [0.3, 0.4) is 0 Å². The van der Waals surface area contributed by atoms with Gasteiger partial charge in [0.05, 0.1) is 17.8 Å². The predicted molar refractivity (Wildman–Crippen MR) is 73.6 cm³/mol. The van der Waals surface area contributed by atoms with E-state index in [1.807, 2.05) is 29.9 Å². The fourth-order valence-corrected chi connectivity index (χ4v) is 2.22. The van der Waals surface area contributed by atoms with Gasteiger partial charge in [0, 0.05) is 25.0 Å². The molecule has 0 atom stereocenters. The molecule has 0 spiro atoms. The Morgan fingerprint density at radius 1 is 1.42 bits per heavy atom. The van der Waals surface area contributed by atoms with E-state index in [-0.39, 0.29) is 5.91 Å². The van der Waals surface area contributed by atoms with Gasteiger partial charge in [0.15, 0.2) is 0 Å². The van der Waals surface area contributed by atoms with Crippen molar-refractivity contribution in [1.29, 1.82) is 0 Å². The van der Waals surface area contributed by atoms with Crippen LogP contribution in [-0.2, 0) is 18.4 Å². The van der Waals surface area contributed by atoms with Crippen LogP contribution in [0.25, 0.3) is 10.9 Å². The van der Waals surface area contributed by atoms with Crippen LogP contribution in [-0.4, -0.2) is 28.3 Å². The van der Waals surface area contributed by atoms with E-state index in [4.69, 9.17) is 0 Å². The van der Waals surface area contributed by atoms with Gasteiger partial charge in [-0.25, -0.2) is 0 Å². The molecule has 1 fully saturated rings. The van der Waals surface area contributed by atoms with Crippen molar-refractivity contribution in [2.24, 2.45) is 7.05 Å². The second-order valence-electron chi connectivity index (χ2n) is 5.03. The molecular formula is C14H18N4O. The number of hydrogen-bond donors (Lipinski definition) is 2. The highest BCUT2D eigenvalue weighted by Gasteiger charge is 2.22. The Balaban J connectivity index is 1.60. The summed E-state index contributed by atoms with van der Waals surface area (Å²) in [5, 5.41) is 11.7. The van der Waals surface area contributed by atoms with E-state index >= 15 is 0 Å². The molecule has 1 saturated carbocycles. The molecule has 0 radical (unpaired) electrons. The number of carbonyl (C=O) groups excluding carboxylic acids is 1. The van der Waals surface area contributed by atoms with Crippen LogP contribution in [0.5, 0.6) is 0 Å². The van der Waals surface area contributed by atoms with E-state index in [2.05, 4.69) is 21.8 Å². The molecule has 1 amide bonds. The summed E-state index contributed by atoms with van der Waals surface area (Å²) in [6, 6.07) is 8.54. The molecule has 1 aromatic heterocycles. The molecule has 5 heteroatoms. The maximum Gasteiger partial charge on any atom is 0.234 e. The fourth-order valence-electron chi connectivity index (χ4n) is 2.22. The van der Waals surface area contributed by atoms with Crippen molar-refractivity contribution < 1.29 is 4.79 Å². The summed E-state index contributed by atoms with van der Waals surface area (Å²) in [4.78, 5) is 11.6. The maximum atomic E-state index is 11.6. The molecule has 1 aliphatic carbocycles. The molecule has 100 valence electrons. The predicted octanol–water partition coefficient (Wildman–Crippen LogP) is 0.942. The lowest BCUT2D eigenvalue weighted by Gasteiger charge is -2.04. The number of nitrogens with zero attached hydrogens (tertiary/aromatic N) is 2. The number of hydrogen-bond acceptors (Lipinski definition) is 3. The fraction of sp³-hybridized carbons (Fsp3) is 0.429. The lowest BCUT2D eigenvalue weighted by molar-refractivity contribution is -0.120. The third kappa shape index (κ3) is 2.76. The number of para-hydroxylation sites is 1. The summed E-state index contributed by atoms with van der Waals surface area (Å²) >= 11 is 0. The first-order valence-electron chi connectivity index (χ1n) is 6.65. The molecule has 1 aromatic carbocycles. The van der Waals surface area contributed by atoms with Gasteiger partial charge in [-0.15, -0.1) is 0 Å². The minimum Gasteiger partial charge on any atom is -0.352 e. The first kappa shape index (κ1) is 12.2. The summed E-state index contributed by atoms with van der Waals surface area (Å²) in [6.07, 6.45) is 2.24. The van der Waals surface area contributed by atoms with Crippen molar-refractivity contribution in [3.05, 3.63) is 30.0 Å². The minimum absolute atomic E-state index is 0.0720. The number of fused-ring (bicyclic) bond motifs is 1. The van der Waals surface area contributed by atoms with E-state index in [1.54, 1.807) is 0 Å². The standard InChI is InChI=1S/C14H18N4O/c1-18-13-5-3-2-4-11(13)12(17-18)8-15-9-14(19)16-10-6-7-10/h2-5,10,15H,6-9H2,1H3,(H,16,19). The summed E-state index contributed by atoms with van der Waals surface area (Å²) < 4.78 is 1.87. The Hall–Kier alpha value is -1.88. The highest BCUT2D eigenvalue weighted by molar-refractivity contribution is 5.82. The van der Waals surface area contributed by atoms with Crippen LogP contribution in [0.2, 0.25) is 0 Å². The molecule has 1 aliphatic rings. The monoisotopic (exact) mass is 258 g/mol. The molecular weight excluding hydrogens is 240 g/mol. The van der Waals surface area contributed by atoms with Crippen molar-refractivity contribution in [3.63, 3.8) is 0 Å². The van der Waals surface area contributed by atoms with Crippen molar-refractivity contribution in [2.75, 3.05) is 6.54 Å². The van der Waals surface area contributed by atoms with Crippen LogP contribution >= 0.6 is 0 Å². The number of benzene rings is 1. The van der Waals surface area contributed by atoms with Crippen LogP contribution < -0.4 is 10.6 Å². The van der Waals surface area contributed by atoms with Gasteiger partial charge in [-0.1, -0.05) is 18.2 Å². The van der Waals surface area contributed by atoms with Gasteiger partial charge in [-0.2, -0.15) is 5.10 Å². The van der Waals surface area contributed by atoms with E-state index < -0.39 is 0 Å². The number of carbonyl (C=O) groups is 1. The Morgan fingerprint density at radius 3 is 3.00 bits per heavy atom. The van der Waals surface area contributed by atoms with E-state index in [9.17, 15) is 4.79 Å². The lowest BCUT2D eigenvalue weighted by Crippen LogP contribution is -2.34. The van der Waals surface area contributed by atoms with Crippen molar-refractivity contribution in [1.82, 2.24) is 20.4 Å². The Labute approximate surface area is 112 Å². The number of amides is 1. The van der Waals surface area contributed by atoms with Gasteiger partial charge >= 0.3 is 0 Å². The summed E-state index contributed by atoms with van der Waals surface area (Å²) in [6.45, 7) is 0.959. The zero-order chi connectivity index (χ0) is 13.2. The summed E-state index contributed by atoms with van der Waals surface area (Å²) in [7, 11) is 1.94. The zero-order valence-corrected chi connectivity index (χ0v) is 11.0. The molecule has 0 unspecified atom stereocenters. The smallest absolute Gasteiger partial charge is 0.234 e. The van der Waals surface area contributed by atoms with Crippen molar-refractivity contribution in [3.8, 4) is 0 Å². The molecule has 0 aliphatic heterocycles. The van der Waals surface area contributed by atoms with Crippen LogP contribution in [0, 0.1) is 0 Å². The maximum absolute atomic E-state index is 11.6. The molecule has 5 nitrogen and oxygen atoms in total. The number of rotatable bonds is 5. The first-order chi connectivity index (χ1) is 9.24. The van der Waals surface area contributed by atoms with Gasteiger partial charge < -0.3 is 10.6 Å². The van der Waals surface area contributed by atoms with Crippen molar-refractivity contribution >= 4 is 16.8 Å². The molecule has 2 aromatic rings.